The van der Waals surface area contributed by atoms with Gasteiger partial charge in [0.05, 0.1) is 21.6 Å². The molecule has 0 spiro atoms. The minimum absolute atomic E-state index is 0.191. The van der Waals surface area contributed by atoms with Crippen molar-refractivity contribution in [1.82, 2.24) is 4.90 Å². The SMILES string of the molecule is COCCN1C(=O)S/C(=C/c2ccc(O)c(I)c2)C1=O. The first-order chi connectivity index (χ1) is 9.52. The number of hydrogen-bond donors (Lipinski definition) is 1. The third-order valence-electron chi connectivity index (χ3n) is 2.66. The molecule has 5 nitrogen and oxygen atoms in total. The number of carbonyl (C=O) groups excluding carboxylic acids is 2. The highest BCUT2D eigenvalue weighted by Gasteiger charge is 2.34. The quantitative estimate of drug-likeness (QED) is 0.617. The van der Waals surface area contributed by atoms with Crippen LogP contribution < -0.4 is 0 Å². The molecule has 0 saturated carbocycles. The molecule has 0 unspecified atom stereocenters. The standard InChI is InChI=1S/C13H12INO4S/c1-19-5-4-15-12(17)11(20-13(15)18)7-8-2-3-10(16)9(14)6-8/h2-3,6-7,16H,4-5H2,1H3/b11-7+. The number of methoxy groups -OCH3 is 1. The van der Waals surface area contributed by atoms with Crippen LogP contribution in [0, 0.1) is 3.57 Å². The monoisotopic (exact) mass is 405 g/mol. The predicted octanol–water partition coefficient (Wildman–Crippen LogP) is 2.68. The predicted molar refractivity (Wildman–Crippen MR) is 85.4 cm³/mol. The van der Waals surface area contributed by atoms with Crippen LogP contribution in [0.5, 0.6) is 5.75 Å². The van der Waals surface area contributed by atoms with E-state index in [4.69, 9.17) is 4.74 Å². The Morgan fingerprint density at radius 1 is 1.45 bits per heavy atom. The van der Waals surface area contributed by atoms with E-state index in [1.807, 2.05) is 22.6 Å². The van der Waals surface area contributed by atoms with Crippen LogP contribution in [0.3, 0.4) is 0 Å². The van der Waals surface area contributed by atoms with Gasteiger partial charge < -0.3 is 9.84 Å². The fourth-order valence-corrected chi connectivity index (χ4v) is 3.04. The van der Waals surface area contributed by atoms with Crippen molar-refractivity contribution in [2.75, 3.05) is 20.3 Å². The van der Waals surface area contributed by atoms with Gasteiger partial charge in [-0.25, -0.2) is 0 Å². The van der Waals surface area contributed by atoms with Crippen LogP contribution >= 0.6 is 34.4 Å². The lowest BCUT2D eigenvalue weighted by Gasteiger charge is -2.10. The summed E-state index contributed by atoms with van der Waals surface area (Å²) in [6, 6.07) is 5.00. The lowest BCUT2D eigenvalue weighted by molar-refractivity contribution is -0.123. The van der Waals surface area contributed by atoms with Crippen molar-refractivity contribution in [2.45, 2.75) is 0 Å². The minimum Gasteiger partial charge on any atom is -0.507 e. The Labute approximate surface area is 134 Å². The van der Waals surface area contributed by atoms with Gasteiger partial charge in [0.25, 0.3) is 11.1 Å². The molecule has 0 aromatic heterocycles. The first-order valence-corrected chi connectivity index (χ1v) is 7.65. The maximum Gasteiger partial charge on any atom is 0.293 e. The summed E-state index contributed by atoms with van der Waals surface area (Å²) >= 11 is 2.92. The number of thioether (sulfide) groups is 1. The second-order valence-electron chi connectivity index (χ2n) is 4.04. The molecule has 1 aromatic rings. The van der Waals surface area contributed by atoms with Crippen LogP contribution in [0.2, 0.25) is 0 Å². The molecule has 1 saturated heterocycles. The highest BCUT2D eigenvalue weighted by Crippen LogP contribution is 2.32. The summed E-state index contributed by atoms with van der Waals surface area (Å²) in [5.41, 5.74) is 0.768. The van der Waals surface area contributed by atoms with Crippen LogP contribution in [0.25, 0.3) is 6.08 Å². The summed E-state index contributed by atoms with van der Waals surface area (Å²) in [5.74, 6) is -0.115. The van der Waals surface area contributed by atoms with Gasteiger partial charge in [-0.2, -0.15) is 0 Å². The second-order valence-corrected chi connectivity index (χ2v) is 6.19. The highest BCUT2D eigenvalue weighted by molar-refractivity contribution is 14.1. The molecule has 2 amide bonds. The van der Waals surface area contributed by atoms with E-state index in [0.29, 0.717) is 15.1 Å². The largest absolute Gasteiger partial charge is 0.507 e. The molecule has 0 bridgehead atoms. The van der Waals surface area contributed by atoms with Crippen LogP contribution in [0.1, 0.15) is 5.56 Å². The minimum atomic E-state index is -0.305. The number of benzene rings is 1. The summed E-state index contributed by atoms with van der Waals surface area (Å²) in [5, 5.41) is 9.18. The number of rotatable bonds is 4. The molecule has 1 N–H and O–H groups in total. The lowest BCUT2D eigenvalue weighted by atomic mass is 10.2. The average molecular weight is 405 g/mol. The average Bonchev–Trinajstić information content (AvgIpc) is 2.67. The van der Waals surface area contributed by atoms with Crippen molar-refractivity contribution in [3.8, 4) is 5.75 Å². The van der Waals surface area contributed by atoms with Crippen LogP contribution in [-0.4, -0.2) is 41.4 Å². The molecule has 1 fully saturated rings. The number of nitrogens with zero attached hydrogens (tertiary/aromatic N) is 1. The fourth-order valence-electron chi connectivity index (χ4n) is 1.64. The lowest BCUT2D eigenvalue weighted by Crippen LogP contribution is -2.31. The summed E-state index contributed by atoms with van der Waals surface area (Å²) in [4.78, 5) is 25.4. The molecule has 106 valence electrons. The normalized spacial score (nSPS) is 17.3. The summed E-state index contributed by atoms with van der Waals surface area (Å²) in [6.07, 6.45) is 1.65. The highest BCUT2D eigenvalue weighted by atomic mass is 127. The van der Waals surface area contributed by atoms with Gasteiger partial charge in [0.1, 0.15) is 5.75 Å². The molecule has 0 aliphatic carbocycles. The number of phenolic OH excluding ortho intramolecular Hbond substituents is 1. The van der Waals surface area contributed by atoms with E-state index in [-0.39, 0.29) is 23.4 Å². The third kappa shape index (κ3) is 3.33. The maximum atomic E-state index is 12.1. The summed E-state index contributed by atoms with van der Waals surface area (Å²) in [7, 11) is 1.52. The van der Waals surface area contributed by atoms with E-state index in [9.17, 15) is 14.7 Å². The molecule has 0 radical (unpaired) electrons. The molecular weight excluding hydrogens is 393 g/mol. The van der Waals surface area contributed by atoms with E-state index in [2.05, 4.69) is 0 Å². The number of hydrogen-bond acceptors (Lipinski definition) is 5. The number of halogens is 1. The Morgan fingerprint density at radius 3 is 2.85 bits per heavy atom. The number of imide groups is 1. The van der Waals surface area contributed by atoms with Crippen molar-refractivity contribution in [1.29, 1.82) is 0 Å². The van der Waals surface area contributed by atoms with E-state index in [1.165, 1.54) is 12.0 Å². The van der Waals surface area contributed by atoms with Crippen LogP contribution in [-0.2, 0) is 9.53 Å². The molecule has 1 aromatic carbocycles. The molecule has 1 aliphatic rings. The zero-order chi connectivity index (χ0) is 14.7. The number of carbonyl (C=O) groups is 2. The topological polar surface area (TPSA) is 66.8 Å². The Kier molecular flexibility index (Phi) is 5.06. The molecule has 20 heavy (non-hydrogen) atoms. The van der Waals surface area contributed by atoms with Crippen molar-refractivity contribution in [3.05, 3.63) is 32.2 Å². The number of aromatic hydroxyl groups is 1. The van der Waals surface area contributed by atoms with E-state index in [1.54, 1.807) is 24.3 Å². The molecule has 1 aliphatic heterocycles. The Hall–Kier alpha value is -1.06. The van der Waals surface area contributed by atoms with Gasteiger partial charge in [0, 0.05) is 7.11 Å². The number of phenols is 1. The van der Waals surface area contributed by atoms with E-state index >= 15 is 0 Å². The van der Waals surface area contributed by atoms with Gasteiger partial charge in [0.15, 0.2) is 0 Å². The Morgan fingerprint density at radius 2 is 2.20 bits per heavy atom. The van der Waals surface area contributed by atoms with E-state index in [0.717, 1.165) is 17.3 Å². The molecule has 1 heterocycles. The van der Waals surface area contributed by atoms with Crippen LogP contribution in [0.4, 0.5) is 4.79 Å². The fraction of sp³-hybridized carbons (Fsp3) is 0.231. The molecular formula is C13H12INO4S. The van der Waals surface area contributed by atoms with Crippen LogP contribution in [0.15, 0.2) is 23.1 Å². The first-order valence-electron chi connectivity index (χ1n) is 5.75. The second kappa shape index (κ2) is 6.59. The van der Waals surface area contributed by atoms with Gasteiger partial charge in [-0.3, -0.25) is 14.5 Å². The van der Waals surface area contributed by atoms with Crippen molar-refractivity contribution in [3.63, 3.8) is 0 Å². The van der Waals surface area contributed by atoms with Gasteiger partial charge in [-0.15, -0.1) is 0 Å². The zero-order valence-electron chi connectivity index (χ0n) is 10.6. The smallest absolute Gasteiger partial charge is 0.293 e. The Bertz CT molecular complexity index is 588. The maximum absolute atomic E-state index is 12.1. The van der Waals surface area contributed by atoms with Gasteiger partial charge >= 0.3 is 0 Å². The summed E-state index contributed by atoms with van der Waals surface area (Å²) in [6.45, 7) is 0.577. The van der Waals surface area contributed by atoms with Gasteiger partial charge in [0.2, 0.25) is 0 Å². The molecule has 7 heteroatoms. The molecule has 2 rings (SSSR count). The van der Waals surface area contributed by atoms with E-state index < -0.39 is 0 Å². The van der Waals surface area contributed by atoms with Gasteiger partial charge in [-0.1, -0.05) is 6.07 Å². The number of amides is 2. The van der Waals surface area contributed by atoms with Crippen molar-refractivity contribution >= 4 is 51.6 Å². The molecule has 0 atom stereocenters. The first kappa shape index (κ1) is 15.3. The number of ether oxygens (including phenoxy) is 1. The Balaban J connectivity index is 2.20. The third-order valence-corrected chi connectivity index (χ3v) is 4.43. The van der Waals surface area contributed by atoms with Crippen molar-refractivity contribution in [2.24, 2.45) is 0 Å². The summed E-state index contributed by atoms with van der Waals surface area (Å²) < 4.78 is 5.57. The van der Waals surface area contributed by atoms with Gasteiger partial charge in [-0.05, 0) is 58.1 Å². The van der Waals surface area contributed by atoms with Crippen molar-refractivity contribution < 1.29 is 19.4 Å². The zero-order valence-corrected chi connectivity index (χ0v) is 13.6.